The lowest BCUT2D eigenvalue weighted by atomic mass is 9.98. The zero-order valence-corrected chi connectivity index (χ0v) is 19.8. The van der Waals surface area contributed by atoms with E-state index in [4.69, 9.17) is 4.74 Å². The Kier molecular flexibility index (Phi) is 8.43. The molecule has 2 amide bonds. The van der Waals surface area contributed by atoms with Crippen LogP contribution in [0.25, 0.3) is 11.1 Å². The van der Waals surface area contributed by atoms with E-state index in [1.807, 2.05) is 0 Å². The first-order valence-electron chi connectivity index (χ1n) is 11.0. The highest BCUT2D eigenvalue weighted by Crippen LogP contribution is 2.29. The van der Waals surface area contributed by atoms with E-state index >= 15 is 0 Å². The molecule has 3 aromatic rings. The minimum atomic E-state index is -4.81. The number of anilines is 1. The third-order valence-corrected chi connectivity index (χ3v) is 5.18. The summed E-state index contributed by atoms with van der Waals surface area (Å²) in [5, 5.41) is 14.9. The Balaban J connectivity index is 1.86. The zero-order valence-electron chi connectivity index (χ0n) is 19.8. The molecule has 0 radical (unpaired) electrons. The third kappa shape index (κ3) is 7.50. The molecule has 37 heavy (non-hydrogen) atoms. The molecule has 0 aliphatic rings. The van der Waals surface area contributed by atoms with Gasteiger partial charge in [-0.05, 0) is 47.9 Å². The summed E-state index contributed by atoms with van der Waals surface area (Å²) in [5.74, 6) is -1.40. The van der Waals surface area contributed by atoms with Crippen LogP contribution in [-0.2, 0) is 16.6 Å². The van der Waals surface area contributed by atoms with Crippen molar-refractivity contribution >= 4 is 17.7 Å². The maximum Gasteiger partial charge on any atom is 0.573 e. The summed E-state index contributed by atoms with van der Waals surface area (Å²) in [6.07, 6.45) is -3.73. The van der Waals surface area contributed by atoms with Gasteiger partial charge in [-0.1, -0.05) is 30.3 Å². The van der Waals surface area contributed by atoms with Gasteiger partial charge in [0.2, 0.25) is 0 Å². The maximum atomic E-state index is 12.7. The number of aromatic nitrogens is 1. The fraction of sp³-hybridized carbons (Fsp3) is 0.240. The standard InChI is InChI=1S/C25H24F3N3O6/c1-3-36-21(33)14-19(29-24(35)30-22-20(32)11-12-31(2)23(22)34)17-6-4-5-16(13-17)15-7-9-18(10-8-15)37-25(26,27)28/h4-13,19,32H,3,14H2,1-2H3,(H2,29,30,35). The molecule has 12 heteroatoms. The van der Waals surface area contributed by atoms with E-state index in [0.717, 1.165) is 0 Å². The van der Waals surface area contributed by atoms with Crippen LogP contribution in [0.2, 0.25) is 0 Å². The second-order valence-electron chi connectivity index (χ2n) is 7.85. The Hall–Kier alpha value is -4.48. The smallest absolute Gasteiger partial charge is 0.505 e. The molecular formula is C25H24F3N3O6. The first-order chi connectivity index (χ1) is 17.5. The fourth-order valence-corrected chi connectivity index (χ4v) is 3.47. The van der Waals surface area contributed by atoms with Crippen LogP contribution in [0.3, 0.4) is 0 Å². The van der Waals surface area contributed by atoms with Crippen molar-refractivity contribution in [3.05, 3.63) is 76.7 Å². The van der Waals surface area contributed by atoms with E-state index in [1.54, 1.807) is 31.2 Å². The number of ether oxygens (including phenoxy) is 2. The van der Waals surface area contributed by atoms with Gasteiger partial charge in [-0.3, -0.25) is 9.59 Å². The lowest BCUT2D eigenvalue weighted by molar-refractivity contribution is -0.274. The quantitative estimate of drug-likeness (QED) is 0.378. The SMILES string of the molecule is CCOC(=O)CC(NC(=O)Nc1c(O)ccn(C)c1=O)c1cccc(-c2ccc(OC(F)(F)F)cc2)c1. The lowest BCUT2D eigenvalue weighted by Crippen LogP contribution is -2.36. The monoisotopic (exact) mass is 519 g/mol. The van der Waals surface area contributed by atoms with Gasteiger partial charge in [0, 0.05) is 13.2 Å². The average molecular weight is 519 g/mol. The molecule has 2 aromatic carbocycles. The van der Waals surface area contributed by atoms with Gasteiger partial charge in [0.1, 0.15) is 11.5 Å². The van der Waals surface area contributed by atoms with Crippen LogP contribution in [-0.4, -0.2) is 34.6 Å². The molecule has 0 saturated carbocycles. The van der Waals surface area contributed by atoms with Crippen molar-refractivity contribution in [3.8, 4) is 22.6 Å². The van der Waals surface area contributed by atoms with Crippen molar-refractivity contribution in [2.24, 2.45) is 7.05 Å². The molecule has 0 saturated heterocycles. The lowest BCUT2D eigenvalue weighted by Gasteiger charge is -2.20. The number of rotatable bonds is 8. The molecule has 3 rings (SSSR count). The summed E-state index contributed by atoms with van der Waals surface area (Å²) in [4.78, 5) is 37.2. The molecule has 9 nitrogen and oxygen atoms in total. The van der Waals surface area contributed by atoms with Crippen molar-refractivity contribution in [2.45, 2.75) is 25.7 Å². The first-order valence-corrected chi connectivity index (χ1v) is 11.0. The summed E-state index contributed by atoms with van der Waals surface area (Å²) in [6, 6.07) is 11.4. The first kappa shape index (κ1) is 27.1. The van der Waals surface area contributed by atoms with E-state index in [9.17, 15) is 32.7 Å². The molecule has 196 valence electrons. The number of carbonyl (C=O) groups excluding carboxylic acids is 2. The predicted octanol–water partition coefficient (Wildman–Crippen LogP) is 4.47. The molecule has 3 N–H and O–H groups in total. The number of nitrogens with one attached hydrogen (secondary N) is 2. The highest BCUT2D eigenvalue weighted by Gasteiger charge is 2.31. The highest BCUT2D eigenvalue weighted by atomic mass is 19.4. The van der Waals surface area contributed by atoms with E-state index in [2.05, 4.69) is 15.4 Å². The minimum absolute atomic E-state index is 0.123. The van der Waals surface area contributed by atoms with E-state index in [1.165, 1.54) is 48.1 Å². The van der Waals surface area contributed by atoms with Crippen molar-refractivity contribution < 1.29 is 37.3 Å². The van der Waals surface area contributed by atoms with Gasteiger partial charge in [-0.15, -0.1) is 13.2 Å². The summed E-state index contributed by atoms with van der Waals surface area (Å²) >= 11 is 0. The predicted molar refractivity (Wildman–Crippen MR) is 128 cm³/mol. The molecule has 1 atom stereocenters. The fourth-order valence-electron chi connectivity index (χ4n) is 3.47. The number of carbonyl (C=O) groups is 2. The van der Waals surface area contributed by atoms with Gasteiger partial charge in [0.25, 0.3) is 5.56 Å². The molecule has 1 aromatic heterocycles. The summed E-state index contributed by atoms with van der Waals surface area (Å²) in [6.45, 7) is 1.76. The number of halogens is 3. The average Bonchev–Trinajstić information content (AvgIpc) is 2.83. The number of alkyl halides is 3. The van der Waals surface area contributed by atoms with Crippen LogP contribution in [0, 0.1) is 0 Å². The Bertz CT molecular complexity index is 1320. The molecule has 1 unspecified atom stereocenters. The van der Waals surface area contributed by atoms with Gasteiger partial charge in [-0.25, -0.2) is 4.79 Å². The maximum absolute atomic E-state index is 12.7. The van der Waals surface area contributed by atoms with E-state index in [-0.39, 0.29) is 24.5 Å². The number of pyridine rings is 1. The van der Waals surface area contributed by atoms with Crippen LogP contribution in [0.5, 0.6) is 11.5 Å². The number of benzene rings is 2. The Morgan fingerprint density at radius 2 is 1.78 bits per heavy atom. The van der Waals surface area contributed by atoms with Gasteiger partial charge in [0.15, 0.2) is 5.69 Å². The van der Waals surface area contributed by atoms with Gasteiger partial charge in [-0.2, -0.15) is 0 Å². The minimum Gasteiger partial charge on any atom is -0.505 e. The van der Waals surface area contributed by atoms with Gasteiger partial charge >= 0.3 is 18.4 Å². The normalized spacial score (nSPS) is 11.9. The van der Waals surface area contributed by atoms with E-state index in [0.29, 0.717) is 16.7 Å². The Labute approximate surface area is 209 Å². The molecule has 0 spiro atoms. The van der Waals surface area contributed by atoms with Crippen LogP contribution in [0.1, 0.15) is 24.9 Å². The number of nitrogens with zero attached hydrogens (tertiary/aromatic N) is 1. The topological polar surface area (TPSA) is 119 Å². The Morgan fingerprint density at radius 3 is 2.43 bits per heavy atom. The number of hydrogen-bond acceptors (Lipinski definition) is 6. The molecule has 0 aliphatic carbocycles. The molecule has 0 aliphatic heterocycles. The van der Waals surface area contributed by atoms with Crippen molar-refractivity contribution in [1.29, 1.82) is 0 Å². The largest absolute Gasteiger partial charge is 0.573 e. The number of hydrogen-bond donors (Lipinski definition) is 3. The van der Waals surface area contributed by atoms with Crippen molar-refractivity contribution in [3.63, 3.8) is 0 Å². The highest BCUT2D eigenvalue weighted by molar-refractivity contribution is 5.91. The third-order valence-electron chi connectivity index (χ3n) is 5.18. The number of amides is 2. The number of aryl methyl sites for hydroxylation is 1. The van der Waals surface area contributed by atoms with Crippen LogP contribution in [0.15, 0.2) is 65.6 Å². The molecule has 0 fully saturated rings. The Morgan fingerprint density at radius 1 is 1.08 bits per heavy atom. The molecule has 1 heterocycles. The summed E-state index contributed by atoms with van der Waals surface area (Å²) < 4.78 is 47.4. The van der Waals surface area contributed by atoms with Crippen LogP contribution in [0.4, 0.5) is 23.7 Å². The molecular weight excluding hydrogens is 495 g/mol. The number of urea groups is 1. The summed E-state index contributed by atoms with van der Waals surface area (Å²) in [7, 11) is 1.45. The van der Waals surface area contributed by atoms with Gasteiger partial charge < -0.3 is 29.8 Å². The van der Waals surface area contributed by atoms with Crippen LogP contribution < -0.4 is 20.9 Å². The van der Waals surface area contributed by atoms with Crippen molar-refractivity contribution in [1.82, 2.24) is 9.88 Å². The second-order valence-corrected chi connectivity index (χ2v) is 7.85. The number of aromatic hydroxyl groups is 1. The van der Waals surface area contributed by atoms with Crippen molar-refractivity contribution in [2.75, 3.05) is 11.9 Å². The van der Waals surface area contributed by atoms with Crippen LogP contribution >= 0.6 is 0 Å². The molecule has 0 bridgehead atoms. The zero-order chi connectivity index (χ0) is 27.2. The second kappa shape index (κ2) is 11.5. The number of esters is 1. The van der Waals surface area contributed by atoms with Gasteiger partial charge in [0.05, 0.1) is 19.1 Å². The summed E-state index contributed by atoms with van der Waals surface area (Å²) in [5.41, 5.74) is 0.668. The van der Waals surface area contributed by atoms with E-state index < -0.39 is 35.7 Å².